The molecule has 9 nitrogen and oxygen atoms in total. The second kappa shape index (κ2) is 8.74. The topological polar surface area (TPSA) is 90.7 Å². The molecule has 5 rings (SSSR count). The number of fused-ring (bicyclic) bond motifs is 1. The van der Waals surface area contributed by atoms with E-state index >= 15 is 0 Å². The number of piperidine rings is 1. The zero-order valence-corrected chi connectivity index (χ0v) is 17.9. The lowest BCUT2D eigenvalue weighted by Crippen LogP contribution is -2.39. The molecule has 1 atom stereocenters. The van der Waals surface area contributed by atoms with Gasteiger partial charge >= 0.3 is 0 Å². The molecule has 3 aliphatic rings. The molecule has 3 heterocycles. The summed E-state index contributed by atoms with van der Waals surface area (Å²) in [5.74, 6) is 2.04. The fraction of sp³-hybridized carbons (Fsp3) is 0.591. The number of hydrogen-bond acceptors (Lipinski definition) is 7. The zero-order chi connectivity index (χ0) is 21.2. The van der Waals surface area contributed by atoms with Crippen LogP contribution in [0.2, 0.25) is 0 Å². The summed E-state index contributed by atoms with van der Waals surface area (Å²) >= 11 is 0. The highest BCUT2D eigenvalue weighted by Crippen LogP contribution is 2.42. The minimum absolute atomic E-state index is 0.121. The Kier molecular flexibility index (Phi) is 5.67. The molecule has 1 saturated heterocycles. The van der Waals surface area contributed by atoms with Crippen molar-refractivity contribution in [3.05, 3.63) is 29.6 Å². The van der Waals surface area contributed by atoms with Gasteiger partial charge in [0.2, 0.25) is 12.5 Å². The average Bonchev–Trinajstić information content (AvgIpc) is 3.26. The third-order valence-corrected chi connectivity index (χ3v) is 6.23. The van der Waals surface area contributed by atoms with E-state index in [1.54, 1.807) is 18.0 Å². The number of nitrogens with zero attached hydrogens (tertiary/aromatic N) is 4. The average molecular weight is 428 g/mol. The quantitative estimate of drug-likeness (QED) is 0.692. The standard InChI is InChI=1S/C22H29N5O4/c1-29-19-10-15(11-20-21(19)31-14-30-20)12-26-8-3-2-4-17(26)7-9-27-13-18(24-25-27)22(28)23-16-5-6-16/h10-11,13,16-17H,2-9,12,14H2,1H3,(H,23,28). The highest BCUT2D eigenvalue weighted by Gasteiger charge is 2.27. The minimum atomic E-state index is -0.121. The highest BCUT2D eigenvalue weighted by atomic mass is 16.7. The summed E-state index contributed by atoms with van der Waals surface area (Å²) in [6.07, 6.45) is 8.44. The fourth-order valence-electron chi connectivity index (χ4n) is 4.38. The number of carbonyl (C=O) groups is 1. The molecule has 1 aliphatic carbocycles. The number of likely N-dealkylation sites (tertiary alicyclic amines) is 1. The first kappa shape index (κ1) is 20.1. The van der Waals surface area contributed by atoms with Gasteiger partial charge in [0.1, 0.15) is 0 Å². The van der Waals surface area contributed by atoms with E-state index in [2.05, 4.69) is 26.6 Å². The molecule has 9 heteroatoms. The molecule has 31 heavy (non-hydrogen) atoms. The lowest BCUT2D eigenvalue weighted by molar-refractivity contribution is 0.0946. The van der Waals surface area contributed by atoms with Crippen LogP contribution in [0, 0.1) is 0 Å². The summed E-state index contributed by atoms with van der Waals surface area (Å²) in [5.41, 5.74) is 1.56. The number of rotatable bonds is 8. The van der Waals surface area contributed by atoms with Crippen molar-refractivity contribution < 1.29 is 19.0 Å². The Hall–Kier alpha value is -2.81. The van der Waals surface area contributed by atoms with Crippen molar-refractivity contribution >= 4 is 5.91 Å². The van der Waals surface area contributed by atoms with Crippen molar-refractivity contribution in [2.75, 3.05) is 20.4 Å². The molecule has 2 aromatic rings. The summed E-state index contributed by atoms with van der Waals surface area (Å²) in [6, 6.07) is 4.88. The molecule has 166 valence electrons. The molecule has 1 aromatic heterocycles. The summed E-state index contributed by atoms with van der Waals surface area (Å²) in [7, 11) is 1.65. The molecule has 1 amide bonds. The maximum atomic E-state index is 12.1. The van der Waals surface area contributed by atoms with Gasteiger partial charge in [-0.15, -0.1) is 5.10 Å². The van der Waals surface area contributed by atoms with Crippen molar-refractivity contribution in [1.29, 1.82) is 0 Å². The van der Waals surface area contributed by atoms with Crippen LogP contribution in [0.15, 0.2) is 18.3 Å². The van der Waals surface area contributed by atoms with E-state index in [4.69, 9.17) is 14.2 Å². The molecule has 0 spiro atoms. The number of benzene rings is 1. The van der Waals surface area contributed by atoms with Crippen molar-refractivity contribution in [3.63, 3.8) is 0 Å². The number of amides is 1. The Morgan fingerprint density at radius 2 is 2.16 bits per heavy atom. The molecule has 1 saturated carbocycles. The third-order valence-electron chi connectivity index (χ3n) is 6.23. The van der Waals surface area contributed by atoms with Gasteiger partial charge < -0.3 is 19.5 Å². The van der Waals surface area contributed by atoms with Crippen LogP contribution in [0.1, 0.15) is 54.6 Å². The monoisotopic (exact) mass is 427 g/mol. The third kappa shape index (κ3) is 4.61. The number of nitrogens with one attached hydrogen (secondary N) is 1. The van der Waals surface area contributed by atoms with Crippen LogP contribution in [0.3, 0.4) is 0 Å². The number of aryl methyl sites for hydroxylation is 1. The molecule has 0 bridgehead atoms. The van der Waals surface area contributed by atoms with Gasteiger partial charge in [-0.1, -0.05) is 11.6 Å². The Balaban J connectivity index is 1.21. The van der Waals surface area contributed by atoms with Gasteiger partial charge in [0.25, 0.3) is 5.91 Å². The van der Waals surface area contributed by atoms with E-state index in [-0.39, 0.29) is 12.7 Å². The van der Waals surface area contributed by atoms with Crippen LogP contribution in [-0.4, -0.2) is 58.3 Å². The van der Waals surface area contributed by atoms with Crippen molar-refractivity contribution in [2.24, 2.45) is 0 Å². The molecular weight excluding hydrogens is 398 g/mol. The maximum Gasteiger partial charge on any atom is 0.273 e. The summed E-state index contributed by atoms with van der Waals surface area (Å²) in [6.45, 7) is 2.88. The lowest BCUT2D eigenvalue weighted by atomic mass is 9.98. The second-order valence-electron chi connectivity index (χ2n) is 8.56. The Bertz CT molecular complexity index is 942. The predicted octanol–water partition coefficient (Wildman–Crippen LogP) is 2.35. The number of carbonyl (C=O) groups excluding carboxylic acids is 1. The highest BCUT2D eigenvalue weighted by molar-refractivity contribution is 5.92. The van der Waals surface area contributed by atoms with E-state index in [1.165, 1.54) is 12.8 Å². The van der Waals surface area contributed by atoms with Gasteiger partial charge in [-0.2, -0.15) is 0 Å². The molecule has 0 radical (unpaired) electrons. The van der Waals surface area contributed by atoms with Crippen LogP contribution < -0.4 is 19.5 Å². The van der Waals surface area contributed by atoms with Crippen LogP contribution in [0.4, 0.5) is 0 Å². The summed E-state index contributed by atoms with van der Waals surface area (Å²) in [5, 5.41) is 11.2. The Labute approximate surface area is 181 Å². The molecule has 2 fully saturated rings. The summed E-state index contributed by atoms with van der Waals surface area (Å²) < 4.78 is 18.4. The molecule has 2 aliphatic heterocycles. The van der Waals surface area contributed by atoms with Crippen molar-refractivity contribution in [2.45, 2.75) is 63.7 Å². The van der Waals surface area contributed by atoms with Gasteiger partial charge in [0.05, 0.1) is 13.3 Å². The molecular formula is C22H29N5O4. The van der Waals surface area contributed by atoms with E-state index < -0.39 is 0 Å². The van der Waals surface area contributed by atoms with E-state index in [9.17, 15) is 4.79 Å². The largest absolute Gasteiger partial charge is 0.493 e. The molecule has 1 N–H and O–H groups in total. The number of aromatic nitrogens is 3. The smallest absolute Gasteiger partial charge is 0.273 e. The van der Waals surface area contributed by atoms with Crippen LogP contribution in [0.25, 0.3) is 0 Å². The van der Waals surface area contributed by atoms with Crippen LogP contribution >= 0.6 is 0 Å². The predicted molar refractivity (Wildman–Crippen MR) is 112 cm³/mol. The first-order valence-corrected chi connectivity index (χ1v) is 11.1. The zero-order valence-electron chi connectivity index (χ0n) is 17.9. The van der Waals surface area contributed by atoms with Crippen molar-refractivity contribution in [3.8, 4) is 17.2 Å². The van der Waals surface area contributed by atoms with Gasteiger partial charge in [-0.05, 0) is 56.3 Å². The summed E-state index contributed by atoms with van der Waals surface area (Å²) in [4.78, 5) is 14.7. The van der Waals surface area contributed by atoms with E-state index in [0.717, 1.165) is 62.4 Å². The van der Waals surface area contributed by atoms with Crippen LogP contribution in [-0.2, 0) is 13.1 Å². The number of ether oxygens (including phenoxy) is 3. The van der Waals surface area contributed by atoms with Gasteiger partial charge in [-0.3, -0.25) is 14.4 Å². The number of methoxy groups -OCH3 is 1. The van der Waals surface area contributed by atoms with Crippen LogP contribution in [0.5, 0.6) is 17.2 Å². The van der Waals surface area contributed by atoms with Crippen molar-refractivity contribution in [1.82, 2.24) is 25.2 Å². The fourth-order valence-corrected chi connectivity index (χ4v) is 4.38. The maximum absolute atomic E-state index is 12.1. The Morgan fingerprint density at radius 1 is 1.26 bits per heavy atom. The van der Waals surface area contributed by atoms with E-state index in [1.807, 2.05) is 6.07 Å². The number of hydrogen-bond donors (Lipinski definition) is 1. The normalized spacial score (nSPS) is 20.6. The second-order valence-corrected chi connectivity index (χ2v) is 8.56. The first-order valence-electron chi connectivity index (χ1n) is 11.1. The molecule has 1 aromatic carbocycles. The Morgan fingerprint density at radius 3 is 3.00 bits per heavy atom. The van der Waals surface area contributed by atoms with Gasteiger partial charge in [-0.25, -0.2) is 0 Å². The van der Waals surface area contributed by atoms with Gasteiger partial charge in [0.15, 0.2) is 17.2 Å². The first-order chi connectivity index (χ1) is 15.2. The SMILES string of the molecule is COc1cc(CN2CCCCC2CCn2cc(C(=O)NC3CC3)nn2)cc2c1OCO2. The molecule has 1 unspecified atom stereocenters. The van der Waals surface area contributed by atoms with Gasteiger partial charge in [0, 0.05) is 25.2 Å². The minimum Gasteiger partial charge on any atom is -0.493 e. The lowest BCUT2D eigenvalue weighted by Gasteiger charge is -2.36. The van der Waals surface area contributed by atoms with E-state index in [0.29, 0.717) is 23.5 Å².